The van der Waals surface area contributed by atoms with E-state index in [0.717, 1.165) is 6.20 Å². The number of carbonyl (C=O) groups excluding carboxylic acids is 1. The molecule has 1 amide bonds. The molecule has 140 valence electrons. The van der Waals surface area contributed by atoms with Gasteiger partial charge >= 0.3 is 16.2 Å². The molecule has 0 aliphatic heterocycles. The lowest BCUT2D eigenvalue weighted by Gasteiger charge is -2.10. The molecule has 1 atom stereocenters. The van der Waals surface area contributed by atoms with Gasteiger partial charge in [0.25, 0.3) is 5.91 Å². The molecule has 0 saturated carbocycles. The van der Waals surface area contributed by atoms with Gasteiger partial charge in [0.2, 0.25) is 0 Å². The Kier molecular flexibility index (Phi) is 5.77. The summed E-state index contributed by atoms with van der Waals surface area (Å²) in [6, 6.07) is 7.10. The monoisotopic (exact) mass is 383 g/mol. The number of benzene rings is 1. The Morgan fingerprint density at radius 3 is 2.54 bits per heavy atom. The van der Waals surface area contributed by atoms with Gasteiger partial charge in [0.05, 0.1) is 12.7 Å². The number of aromatic nitrogens is 1. The zero-order valence-electron chi connectivity index (χ0n) is 13.4. The van der Waals surface area contributed by atoms with Crippen LogP contribution >= 0.6 is 0 Å². The summed E-state index contributed by atoms with van der Waals surface area (Å²) in [6.07, 6.45) is -0.0945. The number of aromatic carboxylic acids is 1. The number of carbonyl (C=O) groups is 2. The topological polar surface area (TPSA) is 172 Å². The Balaban J connectivity index is 2.41. The maximum absolute atomic E-state index is 12.1. The number of nitrogens with two attached hydrogens (primary N) is 1. The number of hydrogen-bond acceptors (Lipinski definition) is 6. The number of carboxylic acids is 1. The van der Waals surface area contributed by atoms with E-state index in [-0.39, 0.29) is 17.7 Å². The second-order valence-corrected chi connectivity index (χ2v) is 6.77. The summed E-state index contributed by atoms with van der Waals surface area (Å²) in [7, 11) is -4.31. The summed E-state index contributed by atoms with van der Waals surface area (Å²) in [5.74, 6) is -2.05. The molecule has 26 heavy (non-hydrogen) atoms. The van der Waals surface area contributed by atoms with Crippen LogP contribution in [0.3, 0.4) is 0 Å². The number of aliphatic hydroxyl groups excluding tert-OH is 2. The zero-order chi connectivity index (χ0) is 19.5. The first kappa shape index (κ1) is 19.6. The fourth-order valence-electron chi connectivity index (χ4n) is 2.27. The highest BCUT2D eigenvalue weighted by Crippen LogP contribution is 2.26. The minimum atomic E-state index is -4.31. The Bertz CT molecular complexity index is 936. The predicted octanol–water partition coefficient (Wildman–Crippen LogP) is -1.01. The molecule has 6 N–H and O–H groups in total. The van der Waals surface area contributed by atoms with Crippen LogP contribution in [-0.2, 0) is 10.2 Å². The highest BCUT2D eigenvalue weighted by atomic mass is 32.2. The fraction of sp³-hybridized carbons (Fsp3) is 0.200. The van der Waals surface area contributed by atoms with Crippen molar-refractivity contribution in [3.63, 3.8) is 0 Å². The molecule has 0 fully saturated rings. The van der Waals surface area contributed by atoms with E-state index in [2.05, 4.69) is 5.32 Å². The quantitative estimate of drug-likeness (QED) is 0.407. The average molecular weight is 383 g/mol. The van der Waals surface area contributed by atoms with E-state index < -0.39 is 40.5 Å². The molecule has 0 aliphatic rings. The van der Waals surface area contributed by atoms with Crippen LogP contribution in [0.15, 0.2) is 36.5 Å². The Morgan fingerprint density at radius 2 is 1.96 bits per heavy atom. The van der Waals surface area contributed by atoms with Gasteiger partial charge in [-0.05, 0) is 23.8 Å². The first-order valence-electron chi connectivity index (χ1n) is 7.30. The summed E-state index contributed by atoms with van der Waals surface area (Å²) in [5.41, 5.74) is -0.0372. The predicted molar refractivity (Wildman–Crippen MR) is 90.8 cm³/mol. The van der Waals surface area contributed by atoms with Crippen molar-refractivity contribution in [2.75, 3.05) is 13.2 Å². The van der Waals surface area contributed by atoms with Crippen LogP contribution in [0.25, 0.3) is 11.1 Å². The summed E-state index contributed by atoms with van der Waals surface area (Å²) in [5, 5.41) is 34.8. The molecule has 0 saturated heterocycles. The summed E-state index contributed by atoms with van der Waals surface area (Å²) >= 11 is 0. The van der Waals surface area contributed by atoms with E-state index in [1.54, 1.807) is 0 Å². The normalized spacial score (nSPS) is 12.6. The van der Waals surface area contributed by atoms with Crippen LogP contribution in [0.4, 0.5) is 0 Å². The molecule has 1 aromatic carbocycles. The molecular formula is C15H17N3O7S. The lowest BCUT2D eigenvalue weighted by atomic mass is 10.0. The lowest BCUT2D eigenvalue weighted by Crippen LogP contribution is -2.33. The van der Waals surface area contributed by atoms with E-state index >= 15 is 0 Å². The van der Waals surface area contributed by atoms with E-state index in [0.29, 0.717) is 9.54 Å². The third kappa shape index (κ3) is 4.26. The highest BCUT2D eigenvalue weighted by molar-refractivity contribution is 7.87. The van der Waals surface area contributed by atoms with Crippen LogP contribution in [-0.4, -0.2) is 58.8 Å². The summed E-state index contributed by atoms with van der Waals surface area (Å²) in [6.45, 7) is -0.675. The van der Waals surface area contributed by atoms with Crippen molar-refractivity contribution >= 4 is 22.1 Å². The van der Waals surface area contributed by atoms with Crippen molar-refractivity contribution in [1.29, 1.82) is 0 Å². The largest absolute Gasteiger partial charge is 0.477 e. The third-order valence-corrected chi connectivity index (χ3v) is 4.33. The standard InChI is InChI=1S/C15H17N3O7S/c16-26(24,25)18-5-4-12(13(18)15(22)23)9-2-1-3-10(6-9)14(21)17-7-11(20)8-19/h1-6,11,19-20H,7-8H2,(H,17,21)(H,22,23)(H2,16,24,25). The molecule has 10 nitrogen and oxygen atoms in total. The molecule has 1 aromatic heterocycles. The smallest absolute Gasteiger partial charge is 0.354 e. The maximum Gasteiger partial charge on any atom is 0.354 e. The second kappa shape index (κ2) is 7.66. The minimum Gasteiger partial charge on any atom is -0.477 e. The van der Waals surface area contributed by atoms with Crippen LogP contribution < -0.4 is 10.5 Å². The number of nitrogens with zero attached hydrogens (tertiary/aromatic N) is 1. The van der Waals surface area contributed by atoms with E-state index in [1.165, 1.54) is 30.3 Å². The molecule has 11 heteroatoms. The number of hydrogen-bond donors (Lipinski definition) is 5. The molecule has 2 rings (SSSR count). The Labute approximate surface area is 148 Å². The van der Waals surface area contributed by atoms with Gasteiger partial charge in [-0.15, -0.1) is 0 Å². The van der Waals surface area contributed by atoms with Crippen LogP contribution in [0.2, 0.25) is 0 Å². The first-order chi connectivity index (χ1) is 12.1. The highest BCUT2D eigenvalue weighted by Gasteiger charge is 2.23. The number of carboxylic acid groups (broad SMARTS) is 1. The number of aliphatic hydroxyl groups is 2. The van der Waals surface area contributed by atoms with Crippen LogP contribution in [0, 0.1) is 0 Å². The van der Waals surface area contributed by atoms with E-state index in [9.17, 15) is 28.2 Å². The van der Waals surface area contributed by atoms with Gasteiger partial charge in [-0.3, -0.25) is 4.79 Å². The molecule has 0 radical (unpaired) electrons. The molecular weight excluding hydrogens is 366 g/mol. The SMILES string of the molecule is NS(=O)(=O)n1ccc(-c2cccc(C(=O)NCC(O)CO)c2)c1C(=O)O. The summed E-state index contributed by atoms with van der Waals surface area (Å²) in [4.78, 5) is 23.6. The lowest BCUT2D eigenvalue weighted by molar-refractivity contribution is 0.0690. The van der Waals surface area contributed by atoms with Gasteiger partial charge in [-0.1, -0.05) is 12.1 Å². The van der Waals surface area contributed by atoms with Crippen LogP contribution in [0.1, 0.15) is 20.8 Å². The van der Waals surface area contributed by atoms with Crippen molar-refractivity contribution in [2.45, 2.75) is 6.10 Å². The van der Waals surface area contributed by atoms with Crippen LogP contribution in [0.5, 0.6) is 0 Å². The number of amides is 1. The molecule has 2 aromatic rings. The van der Waals surface area contributed by atoms with Gasteiger partial charge < -0.3 is 20.6 Å². The average Bonchev–Trinajstić information content (AvgIpc) is 3.05. The van der Waals surface area contributed by atoms with Crippen molar-refractivity contribution in [3.8, 4) is 11.1 Å². The first-order valence-corrected chi connectivity index (χ1v) is 8.81. The molecule has 0 bridgehead atoms. The molecule has 0 aliphatic carbocycles. The Morgan fingerprint density at radius 1 is 1.27 bits per heavy atom. The summed E-state index contributed by atoms with van der Waals surface area (Å²) < 4.78 is 23.5. The Hall–Kier alpha value is -2.73. The molecule has 1 unspecified atom stereocenters. The van der Waals surface area contributed by atoms with Crippen molar-refractivity contribution < 1.29 is 33.3 Å². The minimum absolute atomic E-state index is 0.0663. The van der Waals surface area contributed by atoms with Gasteiger partial charge in [0.15, 0.2) is 5.69 Å². The zero-order valence-corrected chi connectivity index (χ0v) is 14.2. The van der Waals surface area contributed by atoms with E-state index in [4.69, 9.17) is 10.2 Å². The fourth-order valence-corrected chi connectivity index (χ4v) is 2.94. The third-order valence-electron chi connectivity index (χ3n) is 3.47. The number of rotatable bonds is 7. The van der Waals surface area contributed by atoms with E-state index in [1.807, 2.05) is 0 Å². The molecule has 1 heterocycles. The van der Waals surface area contributed by atoms with Gasteiger partial charge in [-0.2, -0.15) is 8.42 Å². The van der Waals surface area contributed by atoms with Gasteiger partial charge in [0, 0.05) is 23.9 Å². The van der Waals surface area contributed by atoms with Gasteiger partial charge in [0.1, 0.15) is 0 Å². The van der Waals surface area contributed by atoms with Gasteiger partial charge in [-0.25, -0.2) is 13.9 Å². The van der Waals surface area contributed by atoms with Crippen molar-refractivity contribution in [2.24, 2.45) is 5.14 Å². The second-order valence-electron chi connectivity index (χ2n) is 5.35. The van der Waals surface area contributed by atoms with Crippen molar-refractivity contribution in [3.05, 3.63) is 47.8 Å². The molecule has 0 spiro atoms. The maximum atomic E-state index is 12.1. The van der Waals surface area contributed by atoms with Crippen molar-refractivity contribution in [1.82, 2.24) is 9.29 Å². The number of nitrogens with one attached hydrogen (secondary N) is 1.